The summed E-state index contributed by atoms with van der Waals surface area (Å²) in [5, 5.41) is 19.8. The summed E-state index contributed by atoms with van der Waals surface area (Å²) >= 11 is 16.4. The van der Waals surface area contributed by atoms with E-state index in [1.54, 1.807) is 14.9 Å². The first kappa shape index (κ1) is 59.4. The fourth-order valence-corrected chi connectivity index (χ4v) is 3.94. The first-order valence-corrected chi connectivity index (χ1v) is 19.7. The number of H-pyrrole nitrogens is 8. The molecule has 4 rings (SSSR count). The lowest BCUT2D eigenvalue weighted by atomic mass is 10.4. The number of halogens is 3. The lowest BCUT2D eigenvalue weighted by Gasteiger charge is -2.22. The van der Waals surface area contributed by atoms with Gasteiger partial charge >= 0.3 is 51.1 Å². The fourth-order valence-electron chi connectivity index (χ4n) is 3.29. The minimum atomic E-state index is -1.18. The molecule has 10 N–H and O–H groups in total. The summed E-state index contributed by atoms with van der Waals surface area (Å²) in [6.45, 7) is 20.6. The average Bonchev–Trinajstić information content (AvgIpc) is 3.09. The number of nitrogen functional groups attached to an aromatic ring is 1. The van der Waals surface area contributed by atoms with Crippen molar-refractivity contribution in [2.24, 2.45) is 0 Å². The number of aromatic nitrogens is 8. The Morgan fingerprint density at radius 3 is 1.32 bits per heavy atom. The maximum Gasteiger partial charge on any atom is 0.398 e. The number of nitrogens with two attached hydrogens (primary N) is 1. The van der Waals surface area contributed by atoms with Gasteiger partial charge in [0.15, 0.2) is 5.15 Å². The van der Waals surface area contributed by atoms with Crippen LogP contribution in [-0.4, -0.2) is 74.6 Å². The van der Waals surface area contributed by atoms with Gasteiger partial charge in [0.05, 0.1) is 9.85 Å². The number of nitrogens with one attached hydrogen (secondary N) is 8. The average molecular weight is 949 g/mol. The highest BCUT2D eigenvalue weighted by atomic mass is 35.5. The van der Waals surface area contributed by atoms with E-state index >= 15 is 0 Å². The summed E-state index contributed by atoms with van der Waals surface area (Å²) in [6, 6.07) is 0. The lowest BCUT2D eigenvalue weighted by Crippen LogP contribution is -2.35. The van der Waals surface area contributed by atoms with Crippen molar-refractivity contribution in [3.8, 4) is 0 Å². The van der Waals surface area contributed by atoms with Gasteiger partial charge in [0.25, 0.3) is 22.8 Å². The maximum atomic E-state index is 11.7. The van der Waals surface area contributed by atoms with Gasteiger partial charge in [0, 0.05) is 24.8 Å². The number of alkyl halides is 2. The third kappa shape index (κ3) is 19.2. The first-order chi connectivity index (χ1) is 26.3. The Morgan fingerprint density at radius 2 is 0.949 bits per heavy atom. The van der Waals surface area contributed by atoms with Gasteiger partial charge in [-0.2, -0.15) is 0 Å². The summed E-state index contributed by atoms with van der Waals surface area (Å²) in [7, 11) is 6.06. The molecular weight excluding hydrogens is 914 g/mol. The topological polar surface area (TPSA) is 392 Å². The molecule has 0 saturated carbocycles. The second-order valence-corrected chi connectivity index (χ2v) is 14.3. The maximum absolute atomic E-state index is 11.7. The smallest absolute Gasteiger partial charge is 0.398 e. The third-order valence-electron chi connectivity index (χ3n) is 5.35. The van der Waals surface area contributed by atoms with Crippen molar-refractivity contribution in [1.29, 1.82) is 0 Å². The van der Waals surface area contributed by atoms with Crippen molar-refractivity contribution in [3.63, 3.8) is 0 Å². The number of nitro groups is 2. The largest absolute Gasteiger partial charge is 0.402 e. The van der Waals surface area contributed by atoms with Crippen LogP contribution >= 0.6 is 60.6 Å². The molecule has 2 unspecified atom stereocenters. The third-order valence-corrected chi connectivity index (χ3v) is 5.97. The van der Waals surface area contributed by atoms with Crippen LogP contribution in [-0.2, 0) is 0 Å². The Bertz CT molecular complexity index is 2650. The number of hydrogen-bond acceptors (Lipinski definition) is 14. The summed E-state index contributed by atoms with van der Waals surface area (Å²) in [4.78, 5) is 130. The fraction of sp³-hybridized carbons (Fsp3) is 0.269. The second kappa shape index (κ2) is 29.9. The van der Waals surface area contributed by atoms with E-state index in [0.717, 1.165) is 7.96 Å². The summed E-state index contributed by atoms with van der Waals surface area (Å²) in [6.07, 6.45) is 0. The molecule has 4 heterocycles. The molecule has 2 atom stereocenters. The molecule has 0 amide bonds. The summed E-state index contributed by atoms with van der Waals surface area (Å²) < 4.78 is 0. The summed E-state index contributed by atoms with van der Waals surface area (Å²) in [5.41, 5.74) is -3.75. The molecule has 59 heavy (non-hydrogen) atoms. The number of anilines is 2. The van der Waals surface area contributed by atoms with Crippen LogP contribution in [0.15, 0.2) is 38.4 Å². The molecule has 33 heteroatoms. The van der Waals surface area contributed by atoms with Gasteiger partial charge in [0.1, 0.15) is 11.4 Å². The zero-order valence-corrected chi connectivity index (χ0v) is 32.9. The summed E-state index contributed by atoms with van der Waals surface area (Å²) in [5.74, 6) is -0.425. The minimum Gasteiger partial charge on any atom is -0.402 e. The van der Waals surface area contributed by atoms with E-state index in [4.69, 9.17) is 60.3 Å². The highest BCUT2D eigenvalue weighted by Gasteiger charge is 2.21. The molecule has 0 aromatic carbocycles. The normalized spacial score (nSPS) is 8.85. The molecule has 322 valence electrons. The molecule has 4 aromatic rings. The zero-order valence-electron chi connectivity index (χ0n) is 27.3. The number of hydrogen-bond donors (Lipinski definition) is 9. The molecule has 0 aliphatic rings. The van der Waals surface area contributed by atoms with Crippen molar-refractivity contribution in [3.05, 3.63) is 143 Å². The van der Waals surface area contributed by atoms with Crippen LogP contribution in [0.3, 0.4) is 0 Å². The predicted octanol–water partition coefficient (Wildman–Crippen LogP) is 2.39. The van der Waals surface area contributed by atoms with Crippen LogP contribution in [0.1, 0.15) is 22.3 Å². The van der Waals surface area contributed by atoms with Crippen LogP contribution in [0.25, 0.3) is 14.5 Å². The van der Waals surface area contributed by atoms with Gasteiger partial charge in [-0.05, 0) is 0 Å². The van der Waals surface area contributed by atoms with Gasteiger partial charge in [0.2, 0.25) is 0 Å². The van der Waals surface area contributed by atoms with E-state index in [2.05, 4.69) is 47.3 Å². The Morgan fingerprint density at radius 1 is 0.610 bits per heavy atom. The zero-order chi connectivity index (χ0) is 43.3. The van der Waals surface area contributed by atoms with Crippen LogP contribution in [0.4, 0.5) is 40.2 Å². The van der Waals surface area contributed by atoms with Gasteiger partial charge in [-0.1, -0.05) is 61.6 Å². The molecule has 0 radical (unpaired) electrons. The highest BCUT2D eigenvalue weighted by molar-refractivity contribution is 8.33. The Balaban J connectivity index is -0.000000332. The Hall–Kier alpha value is -6.25. The number of aromatic amines is 8. The van der Waals surface area contributed by atoms with E-state index in [0.29, 0.717) is 13.1 Å². The first-order valence-electron chi connectivity index (χ1n) is 13.6. The molecule has 0 fully saturated rings. The van der Waals surface area contributed by atoms with Crippen LogP contribution < -0.4 is 55.6 Å². The van der Waals surface area contributed by atoms with E-state index < -0.39 is 77.2 Å². The molecule has 0 saturated heterocycles. The molecule has 0 spiro atoms. The predicted molar refractivity (Wildman–Crippen MR) is 234 cm³/mol. The van der Waals surface area contributed by atoms with Crippen LogP contribution in [0.2, 0.25) is 5.15 Å². The Labute approximate surface area is 350 Å². The van der Waals surface area contributed by atoms with Crippen molar-refractivity contribution in [2.45, 2.75) is 22.3 Å². The van der Waals surface area contributed by atoms with Crippen molar-refractivity contribution >= 4 is 101 Å². The molecular formula is C26H35Cl3N15O12P3. The molecule has 0 bridgehead atoms. The van der Waals surface area contributed by atoms with Crippen LogP contribution in [0, 0.1) is 39.9 Å². The van der Waals surface area contributed by atoms with Gasteiger partial charge in [-0.15, -0.1) is 41.1 Å². The number of rotatable bonds is 7. The van der Waals surface area contributed by atoms with Gasteiger partial charge in [-0.25, -0.2) is 24.2 Å². The van der Waals surface area contributed by atoms with Gasteiger partial charge in [-0.3, -0.25) is 74.3 Å². The van der Waals surface area contributed by atoms with Crippen LogP contribution in [0.5, 0.6) is 0 Å². The van der Waals surface area contributed by atoms with E-state index in [-0.39, 0.29) is 57.1 Å². The van der Waals surface area contributed by atoms with E-state index in [1.165, 1.54) is 0 Å². The molecule has 27 nitrogen and oxygen atoms in total. The van der Waals surface area contributed by atoms with Crippen molar-refractivity contribution < 1.29 is 9.85 Å². The quantitative estimate of drug-likeness (QED) is 0.0321. The highest BCUT2D eigenvalue weighted by Crippen LogP contribution is 2.28. The van der Waals surface area contributed by atoms with Gasteiger partial charge < -0.3 is 25.2 Å². The Kier molecular flexibility index (Phi) is 30.1. The lowest BCUT2D eigenvalue weighted by molar-refractivity contribution is -0.386. The molecule has 4 aromatic heterocycles. The monoisotopic (exact) mass is 947 g/mol. The van der Waals surface area contributed by atoms with E-state index in [1.807, 2.05) is 15.0 Å². The second-order valence-electron chi connectivity index (χ2n) is 8.83. The van der Waals surface area contributed by atoms with Crippen molar-refractivity contribution in [1.82, 2.24) is 39.9 Å². The molecule has 0 aliphatic carbocycles. The minimum absolute atomic E-state index is 0. The standard InChI is InChI=1S/C9H10Cl2N4O2.C5H2N4O4.C5H4N4O2.C4H2ClN3O4.3CH4.H5P3/c1-12-7-6(8(16)14-9(17)13-7)15(4-2-10)5-3-11;1-6-3-2(9(12)13)4(10)8-5(11)7-3;1-7-3-2(6)4(10)9-5(11)8-3;5-2-1(8(11)12)3(9)7-4(10)6-2;;;;1-3-2/h2-5H2,(H2,13,14,16,17);(H2,7,8,10,11);6H2,(H2,8,9,10,11);(H2,6,7,9,10);3*1H4;3H,1-2H2. The van der Waals surface area contributed by atoms with Crippen molar-refractivity contribution in [2.75, 3.05) is 35.5 Å². The number of nitrogens with zero attached hydrogens (tertiary/aromatic N) is 6. The van der Waals surface area contributed by atoms with E-state index in [9.17, 15) is 58.6 Å². The molecule has 0 aliphatic heterocycles. The SMILES string of the molecule is C.C.C.O=c1[nH]c(Cl)c([N+](=O)[O-])c(=O)[nH]1.PPP.[C-]#[N+]c1[nH]c(=O)[nH]c(=O)c1N.[C-]#[N+]c1[nH]c(=O)[nH]c(=O)c1N(CCCl)CCCl.[C-]#[N+]c1[nH]c(=O)[nH]c(=O)c1[N+](=O)[O-].